The van der Waals surface area contributed by atoms with Gasteiger partial charge < -0.3 is 10.1 Å². The molecular formula is C15H17BrN2O. The highest BCUT2D eigenvalue weighted by molar-refractivity contribution is 9.10. The Balaban J connectivity index is 1.90. The molecule has 0 fully saturated rings. The van der Waals surface area contributed by atoms with Crippen molar-refractivity contribution in [2.75, 3.05) is 19.0 Å². The average Bonchev–Trinajstić information content (AvgIpc) is 2.43. The number of anilines is 1. The van der Waals surface area contributed by atoms with Gasteiger partial charge in [0.1, 0.15) is 11.6 Å². The van der Waals surface area contributed by atoms with E-state index in [1.165, 1.54) is 5.56 Å². The van der Waals surface area contributed by atoms with Gasteiger partial charge in [-0.2, -0.15) is 0 Å². The highest BCUT2D eigenvalue weighted by atomic mass is 79.9. The van der Waals surface area contributed by atoms with E-state index in [4.69, 9.17) is 4.74 Å². The van der Waals surface area contributed by atoms with E-state index in [-0.39, 0.29) is 0 Å². The van der Waals surface area contributed by atoms with E-state index in [2.05, 4.69) is 38.4 Å². The van der Waals surface area contributed by atoms with E-state index in [0.717, 1.165) is 34.7 Å². The Morgan fingerprint density at radius 3 is 2.84 bits per heavy atom. The zero-order chi connectivity index (χ0) is 13.7. The van der Waals surface area contributed by atoms with Gasteiger partial charge in [-0.25, -0.2) is 4.98 Å². The number of halogens is 1. The molecule has 100 valence electrons. The number of hydrogen-bond acceptors (Lipinski definition) is 3. The third kappa shape index (κ3) is 3.96. The van der Waals surface area contributed by atoms with Crippen molar-refractivity contribution in [2.45, 2.75) is 13.3 Å². The SMILES string of the molecule is COc1cccc(CCNc2ccc(Br)c(C)n2)c1. The topological polar surface area (TPSA) is 34.1 Å². The lowest BCUT2D eigenvalue weighted by atomic mass is 10.1. The third-order valence-corrected chi connectivity index (χ3v) is 3.71. The number of rotatable bonds is 5. The van der Waals surface area contributed by atoms with Crippen LogP contribution in [0, 0.1) is 6.92 Å². The number of methoxy groups -OCH3 is 1. The van der Waals surface area contributed by atoms with Crippen molar-refractivity contribution in [3.63, 3.8) is 0 Å². The summed E-state index contributed by atoms with van der Waals surface area (Å²) in [5, 5.41) is 3.33. The first kappa shape index (κ1) is 13.9. The molecule has 0 aliphatic carbocycles. The molecule has 1 heterocycles. The normalized spacial score (nSPS) is 10.3. The van der Waals surface area contributed by atoms with Gasteiger partial charge in [0.2, 0.25) is 0 Å². The van der Waals surface area contributed by atoms with Gasteiger partial charge in [0, 0.05) is 11.0 Å². The van der Waals surface area contributed by atoms with Crippen molar-refractivity contribution < 1.29 is 4.74 Å². The van der Waals surface area contributed by atoms with Crippen LogP contribution in [-0.4, -0.2) is 18.6 Å². The van der Waals surface area contributed by atoms with Crippen molar-refractivity contribution in [3.05, 3.63) is 52.1 Å². The van der Waals surface area contributed by atoms with E-state index in [1.807, 2.05) is 31.2 Å². The molecule has 3 nitrogen and oxygen atoms in total. The molecular weight excluding hydrogens is 304 g/mol. The lowest BCUT2D eigenvalue weighted by molar-refractivity contribution is 0.414. The molecule has 2 aromatic rings. The molecule has 19 heavy (non-hydrogen) atoms. The van der Waals surface area contributed by atoms with Gasteiger partial charge in [-0.3, -0.25) is 0 Å². The van der Waals surface area contributed by atoms with Crippen LogP contribution in [0.15, 0.2) is 40.9 Å². The number of nitrogens with one attached hydrogen (secondary N) is 1. The predicted octanol–water partition coefficient (Wildman–Crippen LogP) is 3.82. The molecule has 0 amide bonds. The average molecular weight is 321 g/mol. The second-order valence-electron chi connectivity index (χ2n) is 4.29. The molecule has 0 saturated carbocycles. The summed E-state index contributed by atoms with van der Waals surface area (Å²) in [6.45, 7) is 2.83. The fraction of sp³-hybridized carbons (Fsp3) is 0.267. The van der Waals surface area contributed by atoms with E-state index in [0.29, 0.717) is 0 Å². The molecule has 0 radical (unpaired) electrons. The molecule has 0 spiro atoms. The van der Waals surface area contributed by atoms with Crippen LogP contribution in [0.4, 0.5) is 5.82 Å². The summed E-state index contributed by atoms with van der Waals surface area (Å²) in [4.78, 5) is 4.45. The maximum Gasteiger partial charge on any atom is 0.126 e. The molecule has 1 N–H and O–H groups in total. The zero-order valence-corrected chi connectivity index (χ0v) is 12.7. The first-order chi connectivity index (χ1) is 9.19. The monoisotopic (exact) mass is 320 g/mol. The van der Waals surface area contributed by atoms with Gasteiger partial charge in [0.15, 0.2) is 0 Å². The fourth-order valence-electron chi connectivity index (χ4n) is 1.81. The van der Waals surface area contributed by atoms with E-state index >= 15 is 0 Å². The smallest absolute Gasteiger partial charge is 0.126 e. The van der Waals surface area contributed by atoms with Gasteiger partial charge in [-0.05, 0) is 59.1 Å². The molecule has 1 aromatic carbocycles. The summed E-state index contributed by atoms with van der Waals surface area (Å²) in [5.41, 5.74) is 2.24. The Morgan fingerprint density at radius 2 is 2.11 bits per heavy atom. The highest BCUT2D eigenvalue weighted by Gasteiger charge is 1.99. The van der Waals surface area contributed by atoms with Crippen molar-refractivity contribution in [1.82, 2.24) is 4.98 Å². The van der Waals surface area contributed by atoms with Gasteiger partial charge in [0.25, 0.3) is 0 Å². The molecule has 0 aliphatic heterocycles. The number of nitrogens with zero attached hydrogens (tertiary/aromatic N) is 1. The standard InChI is InChI=1S/C15H17BrN2O/c1-11-14(16)6-7-15(18-11)17-9-8-12-4-3-5-13(10-12)19-2/h3-7,10H,8-9H2,1-2H3,(H,17,18). The molecule has 1 aromatic heterocycles. The summed E-state index contributed by atoms with van der Waals surface area (Å²) in [6.07, 6.45) is 0.938. The zero-order valence-electron chi connectivity index (χ0n) is 11.1. The largest absolute Gasteiger partial charge is 0.497 e. The third-order valence-electron chi connectivity index (χ3n) is 2.88. The van der Waals surface area contributed by atoms with Crippen LogP contribution >= 0.6 is 15.9 Å². The summed E-state index contributed by atoms with van der Waals surface area (Å²) in [7, 11) is 1.69. The molecule has 0 aliphatic rings. The lowest BCUT2D eigenvalue weighted by Gasteiger charge is -2.08. The van der Waals surface area contributed by atoms with Crippen molar-refractivity contribution >= 4 is 21.7 Å². The van der Waals surface area contributed by atoms with Crippen LogP contribution in [0.2, 0.25) is 0 Å². The van der Waals surface area contributed by atoms with Crippen LogP contribution < -0.4 is 10.1 Å². The van der Waals surface area contributed by atoms with E-state index in [1.54, 1.807) is 7.11 Å². The Kier molecular flexibility index (Phi) is 4.80. The molecule has 0 unspecified atom stereocenters. The van der Waals surface area contributed by atoms with E-state index < -0.39 is 0 Å². The van der Waals surface area contributed by atoms with Gasteiger partial charge >= 0.3 is 0 Å². The number of hydrogen-bond donors (Lipinski definition) is 1. The number of benzene rings is 1. The van der Waals surface area contributed by atoms with Crippen molar-refractivity contribution in [3.8, 4) is 5.75 Å². The van der Waals surface area contributed by atoms with Gasteiger partial charge in [-0.1, -0.05) is 12.1 Å². The van der Waals surface area contributed by atoms with Crippen LogP contribution in [0.25, 0.3) is 0 Å². The van der Waals surface area contributed by atoms with Gasteiger partial charge in [-0.15, -0.1) is 0 Å². The second kappa shape index (κ2) is 6.57. The Bertz CT molecular complexity index is 558. The molecule has 0 bridgehead atoms. The minimum Gasteiger partial charge on any atom is -0.497 e. The first-order valence-corrected chi connectivity index (χ1v) is 6.98. The number of aryl methyl sites for hydroxylation is 1. The molecule has 0 atom stereocenters. The number of aromatic nitrogens is 1. The molecule has 2 rings (SSSR count). The van der Waals surface area contributed by atoms with Gasteiger partial charge in [0.05, 0.1) is 12.8 Å². The Labute approximate surface area is 122 Å². The summed E-state index contributed by atoms with van der Waals surface area (Å²) >= 11 is 3.45. The maximum absolute atomic E-state index is 5.21. The quantitative estimate of drug-likeness (QED) is 0.909. The second-order valence-corrected chi connectivity index (χ2v) is 5.15. The fourth-order valence-corrected chi connectivity index (χ4v) is 2.03. The summed E-state index contributed by atoms with van der Waals surface area (Å²) in [5.74, 6) is 1.80. The maximum atomic E-state index is 5.21. The van der Waals surface area contributed by atoms with Crippen LogP contribution in [-0.2, 0) is 6.42 Å². The van der Waals surface area contributed by atoms with Crippen LogP contribution in [0.3, 0.4) is 0 Å². The highest BCUT2D eigenvalue weighted by Crippen LogP contribution is 2.16. The van der Waals surface area contributed by atoms with Crippen molar-refractivity contribution in [1.29, 1.82) is 0 Å². The minimum absolute atomic E-state index is 0.848. The lowest BCUT2D eigenvalue weighted by Crippen LogP contribution is -2.06. The Morgan fingerprint density at radius 1 is 1.26 bits per heavy atom. The predicted molar refractivity (Wildman–Crippen MR) is 81.9 cm³/mol. The van der Waals surface area contributed by atoms with Crippen molar-refractivity contribution in [2.24, 2.45) is 0 Å². The first-order valence-electron chi connectivity index (χ1n) is 6.19. The van der Waals surface area contributed by atoms with Crippen LogP contribution in [0.1, 0.15) is 11.3 Å². The summed E-state index contributed by atoms with van der Waals surface area (Å²) < 4.78 is 6.24. The number of ether oxygens (including phenoxy) is 1. The van der Waals surface area contributed by atoms with Crippen LogP contribution in [0.5, 0.6) is 5.75 Å². The summed E-state index contributed by atoms with van der Waals surface area (Å²) in [6, 6.07) is 12.1. The minimum atomic E-state index is 0.848. The van der Waals surface area contributed by atoms with E-state index in [9.17, 15) is 0 Å². The Hall–Kier alpha value is -1.55. The molecule has 4 heteroatoms. The number of pyridine rings is 1. The molecule has 0 saturated heterocycles.